The Kier molecular flexibility index (Phi) is 4.97. The molecule has 1 unspecified atom stereocenters. The molecule has 0 aromatic heterocycles. The summed E-state index contributed by atoms with van der Waals surface area (Å²) in [5.74, 6) is 0. The standard InChI is InChI=1S/C11H9BrF3NO/c12-5-6-17-10(7-16)8-3-1-2-4-9(8)11(13,14)15/h1-4,10H,5-6H2. The van der Waals surface area contributed by atoms with Crippen molar-refractivity contribution in [2.75, 3.05) is 11.9 Å². The summed E-state index contributed by atoms with van der Waals surface area (Å²) < 4.78 is 43.1. The van der Waals surface area contributed by atoms with Crippen LogP contribution in [0, 0.1) is 11.3 Å². The maximum absolute atomic E-state index is 12.7. The van der Waals surface area contributed by atoms with E-state index in [9.17, 15) is 13.2 Å². The third-order valence-corrected chi connectivity index (χ3v) is 2.35. The molecule has 0 aliphatic rings. The summed E-state index contributed by atoms with van der Waals surface area (Å²) >= 11 is 3.08. The van der Waals surface area contributed by atoms with Gasteiger partial charge in [0.2, 0.25) is 0 Å². The van der Waals surface area contributed by atoms with Crippen LogP contribution in [0.2, 0.25) is 0 Å². The predicted molar refractivity (Wildman–Crippen MR) is 59.5 cm³/mol. The summed E-state index contributed by atoms with van der Waals surface area (Å²) in [4.78, 5) is 0. The quantitative estimate of drug-likeness (QED) is 0.795. The highest BCUT2D eigenvalue weighted by molar-refractivity contribution is 9.09. The lowest BCUT2D eigenvalue weighted by Gasteiger charge is -2.16. The maximum atomic E-state index is 12.7. The maximum Gasteiger partial charge on any atom is 0.416 e. The molecule has 1 atom stereocenters. The number of hydrogen-bond donors (Lipinski definition) is 0. The molecule has 1 aromatic rings. The molecular formula is C11H9BrF3NO. The predicted octanol–water partition coefficient (Wildman–Crippen LogP) is 3.68. The molecule has 0 aliphatic heterocycles. The van der Waals surface area contributed by atoms with Crippen LogP contribution in [0.4, 0.5) is 13.2 Å². The minimum atomic E-state index is -4.48. The molecule has 0 saturated carbocycles. The van der Waals surface area contributed by atoms with Gasteiger partial charge in [0.1, 0.15) is 0 Å². The van der Waals surface area contributed by atoms with E-state index < -0.39 is 17.8 Å². The average Bonchev–Trinajstić information content (AvgIpc) is 2.29. The van der Waals surface area contributed by atoms with Crippen molar-refractivity contribution in [3.63, 3.8) is 0 Å². The summed E-state index contributed by atoms with van der Waals surface area (Å²) in [5, 5.41) is 9.30. The molecule has 0 aliphatic carbocycles. The molecule has 1 rings (SSSR count). The second-order valence-electron chi connectivity index (χ2n) is 3.15. The first-order chi connectivity index (χ1) is 8.00. The van der Waals surface area contributed by atoms with E-state index in [0.717, 1.165) is 6.07 Å². The molecule has 0 heterocycles. The van der Waals surface area contributed by atoms with Crippen LogP contribution in [-0.2, 0) is 10.9 Å². The largest absolute Gasteiger partial charge is 0.416 e. The van der Waals surface area contributed by atoms with Crippen molar-refractivity contribution in [1.29, 1.82) is 5.26 Å². The molecular weight excluding hydrogens is 299 g/mol. The van der Waals surface area contributed by atoms with Gasteiger partial charge >= 0.3 is 6.18 Å². The number of halogens is 4. The van der Waals surface area contributed by atoms with Gasteiger partial charge in [-0.25, -0.2) is 0 Å². The van der Waals surface area contributed by atoms with E-state index in [2.05, 4.69) is 15.9 Å². The van der Waals surface area contributed by atoms with Crippen LogP contribution >= 0.6 is 15.9 Å². The van der Waals surface area contributed by atoms with Crippen LogP contribution in [0.5, 0.6) is 0 Å². The van der Waals surface area contributed by atoms with Gasteiger partial charge in [-0.05, 0) is 6.07 Å². The minimum Gasteiger partial charge on any atom is -0.358 e. The first-order valence-corrected chi connectivity index (χ1v) is 5.86. The van der Waals surface area contributed by atoms with Crippen molar-refractivity contribution in [2.45, 2.75) is 12.3 Å². The highest BCUT2D eigenvalue weighted by Gasteiger charge is 2.35. The number of hydrogen-bond acceptors (Lipinski definition) is 2. The zero-order valence-corrected chi connectivity index (χ0v) is 10.3. The van der Waals surface area contributed by atoms with Gasteiger partial charge in [0, 0.05) is 10.9 Å². The molecule has 0 N–H and O–H groups in total. The van der Waals surface area contributed by atoms with Crippen molar-refractivity contribution >= 4 is 15.9 Å². The third kappa shape index (κ3) is 3.72. The number of nitriles is 1. The van der Waals surface area contributed by atoms with Crippen LogP contribution in [0.15, 0.2) is 24.3 Å². The fourth-order valence-corrected chi connectivity index (χ4v) is 1.53. The molecule has 2 nitrogen and oxygen atoms in total. The van der Waals surface area contributed by atoms with Crippen molar-refractivity contribution < 1.29 is 17.9 Å². The SMILES string of the molecule is N#CC(OCCBr)c1ccccc1C(F)(F)F. The normalized spacial score (nSPS) is 13.1. The van der Waals surface area contributed by atoms with E-state index in [-0.39, 0.29) is 12.2 Å². The van der Waals surface area contributed by atoms with Gasteiger partial charge in [0.25, 0.3) is 0 Å². The van der Waals surface area contributed by atoms with Gasteiger partial charge < -0.3 is 4.74 Å². The van der Waals surface area contributed by atoms with Crippen LogP contribution < -0.4 is 0 Å². The lowest BCUT2D eigenvalue weighted by molar-refractivity contribution is -0.139. The molecule has 0 bridgehead atoms. The zero-order valence-electron chi connectivity index (χ0n) is 8.67. The van der Waals surface area contributed by atoms with E-state index in [0.29, 0.717) is 5.33 Å². The third-order valence-electron chi connectivity index (χ3n) is 2.03. The van der Waals surface area contributed by atoms with Crippen LogP contribution in [0.1, 0.15) is 17.2 Å². The van der Waals surface area contributed by atoms with Gasteiger partial charge in [-0.3, -0.25) is 0 Å². The Labute approximate surface area is 105 Å². The molecule has 0 fully saturated rings. The van der Waals surface area contributed by atoms with Crippen molar-refractivity contribution in [2.24, 2.45) is 0 Å². The van der Waals surface area contributed by atoms with Gasteiger partial charge in [-0.15, -0.1) is 0 Å². The van der Waals surface area contributed by atoms with Crippen molar-refractivity contribution in [1.82, 2.24) is 0 Å². The summed E-state index contributed by atoms with van der Waals surface area (Å²) in [5.41, 5.74) is -0.982. The number of rotatable bonds is 4. The van der Waals surface area contributed by atoms with Crippen molar-refractivity contribution in [3.8, 4) is 6.07 Å². The first-order valence-electron chi connectivity index (χ1n) is 4.74. The molecule has 17 heavy (non-hydrogen) atoms. The van der Waals surface area contributed by atoms with E-state index in [1.807, 2.05) is 0 Å². The molecule has 6 heteroatoms. The summed E-state index contributed by atoms with van der Waals surface area (Å²) in [6.45, 7) is 0.171. The topological polar surface area (TPSA) is 33.0 Å². The van der Waals surface area contributed by atoms with Gasteiger partial charge in [-0.1, -0.05) is 34.1 Å². The van der Waals surface area contributed by atoms with Crippen molar-refractivity contribution in [3.05, 3.63) is 35.4 Å². The Morgan fingerprint density at radius 2 is 2.00 bits per heavy atom. The Morgan fingerprint density at radius 1 is 1.35 bits per heavy atom. The second-order valence-corrected chi connectivity index (χ2v) is 3.95. The molecule has 0 spiro atoms. The van der Waals surface area contributed by atoms with Gasteiger partial charge in [-0.2, -0.15) is 18.4 Å². The Hall–Kier alpha value is -1.06. The number of ether oxygens (including phenoxy) is 1. The fourth-order valence-electron chi connectivity index (χ4n) is 1.34. The highest BCUT2D eigenvalue weighted by Crippen LogP contribution is 2.35. The first kappa shape index (κ1) is 14.0. The fraction of sp³-hybridized carbons (Fsp3) is 0.364. The molecule has 0 radical (unpaired) electrons. The van der Waals surface area contributed by atoms with E-state index in [1.54, 1.807) is 6.07 Å². The zero-order chi connectivity index (χ0) is 12.9. The van der Waals surface area contributed by atoms with Crippen LogP contribution in [0.3, 0.4) is 0 Å². The Morgan fingerprint density at radius 3 is 2.53 bits per heavy atom. The lowest BCUT2D eigenvalue weighted by atomic mass is 10.0. The average molecular weight is 308 g/mol. The molecule has 0 amide bonds. The second kappa shape index (κ2) is 6.03. The number of benzene rings is 1. The van der Waals surface area contributed by atoms with E-state index >= 15 is 0 Å². The van der Waals surface area contributed by atoms with Gasteiger partial charge in [0.05, 0.1) is 18.2 Å². The summed E-state index contributed by atoms with van der Waals surface area (Å²) in [7, 11) is 0. The lowest BCUT2D eigenvalue weighted by Crippen LogP contribution is -2.13. The highest BCUT2D eigenvalue weighted by atomic mass is 79.9. The number of alkyl halides is 4. The molecule has 1 aromatic carbocycles. The van der Waals surface area contributed by atoms with Gasteiger partial charge in [0.15, 0.2) is 6.10 Å². The minimum absolute atomic E-state index is 0.150. The molecule has 0 saturated heterocycles. The van der Waals surface area contributed by atoms with Crippen LogP contribution in [-0.4, -0.2) is 11.9 Å². The monoisotopic (exact) mass is 307 g/mol. The Balaban J connectivity index is 3.08. The summed E-state index contributed by atoms with van der Waals surface area (Å²) in [6, 6.07) is 6.65. The van der Waals surface area contributed by atoms with Crippen LogP contribution in [0.25, 0.3) is 0 Å². The number of nitrogens with zero attached hydrogens (tertiary/aromatic N) is 1. The van der Waals surface area contributed by atoms with E-state index in [1.165, 1.54) is 18.2 Å². The summed E-state index contributed by atoms with van der Waals surface area (Å²) in [6.07, 6.45) is -5.69. The smallest absolute Gasteiger partial charge is 0.358 e. The Bertz CT molecular complexity index is 414. The van der Waals surface area contributed by atoms with E-state index in [4.69, 9.17) is 10.00 Å². The molecule has 92 valence electrons.